The van der Waals surface area contributed by atoms with E-state index in [9.17, 15) is 14.9 Å². The molecule has 3 rings (SSSR count). The van der Waals surface area contributed by atoms with Gasteiger partial charge in [-0.05, 0) is 37.8 Å². The van der Waals surface area contributed by atoms with E-state index >= 15 is 0 Å². The molecule has 0 aliphatic heterocycles. The van der Waals surface area contributed by atoms with E-state index < -0.39 is 5.97 Å². The molecule has 0 bridgehead atoms. The molecular weight excluding hydrogens is 426 g/mol. The second-order valence-corrected chi connectivity index (χ2v) is 8.69. The second-order valence-electron chi connectivity index (χ2n) is 5.87. The molecule has 0 aromatic carbocycles. The monoisotopic (exact) mass is 443 g/mol. The van der Waals surface area contributed by atoms with Gasteiger partial charge in [0.15, 0.2) is 5.78 Å². The summed E-state index contributed by atoms with van der Waals surface area (Å²) in [6, 6.07) is 6.06. The lowest BCUT2D eigenvalue weighted by molar-refractivity contribution is 0.0527. The zero-order chi connectivity index (χ0) is 21.0. The molecule has 0 aliphatic rings. The fourth-order valence-corrected chi connectivity index (χ4v) is 5.22. The van der Waals surface area contributed by atoms with Crippen molar-refractivity contribution in [3.05, 3.63) is 50.1 Å². The van der Waals surface area contributed by atoms with Crippen molar-refractivity contribution in [1.29, 1.82) is 5.26 Å². The Bertz CT molecular complexity index is 1120. The van der Waals surface area contributed by atoms with Crippen LogP contribution in [0.1, 0.15) is 44.4 Å². The summed E-state index contributed by atoms with van der Waals surface area (Å²) >= 11 is 4.12. The Labute approximate surface area is 180 Å². The Morgan fingerprint density at radius 3 is 2.79 bits per heavy atom. The van der Waals surface area contributed by atoms with Crippen molar-refractivity contribution in [3.8, 4) is 16.6 Å². The number of thiophene rings is 2. The normalized spacial score (nSPS) is 11.2. The first-order valence-electron chi connectivity index (χ1n) is 8.64. The van der Waals surface area contributed by atoms with Gasteiger partial charge in [0.1, 0.15) is 21.7 Å². The van der Waals surface area contributed by atoms with Crippen LogP contribution in [0, 0.1) is 18.3 Å². The van der Waals surface area contributed by atoms with E-state index in [1.807, 2.05) is 22.9 Å². The van der Waals surface area contributed by atoms with Gasteiger partial charge >= 0.3 is 5.97 Å². The van der Waals surface area contributed by atoms with Crippen LogP contribution in [-0.4, -0.2) is 23.3 Å². The fraction of sp³-hybridized carbons (Fsp3) is 0.200. The first-order chi connectivity index (χ1) is 14.0. The van der Waals surface area contributed by atoms with Crippen LogP contribution >= 0.6 is 34.0 Å². The molecular formula is C20H17N3O3S3. The predicted octanol–water partition coefficient (Wildman–Crippen LogP) is 5.60. The van der Waals surface area contributed by atoms with Gasteiger partial charge in [-0.25, -0.2) is 9.78 Å². The SMILES string of the molecule is CCOC(=O)c1c(N/C=C(\C#N)c2nc(-c3cccs3)cs2)sc(C(C)=O)c1C. The van der Waals surface area contributed by atoms with E-state index in [1.165, 1.54) is 35.8 Å². The molecule has 0 amide bonds. The number of thiazole rings is 1. The molecule has 3 aromatic rings. The number of ketones is 1. The molecule has 0 spiro atoms. The van der Waals surface area contributed by atoms with Crippen LogP contribution in [-0.2, 0) is 4.74 Å². The standard InChI is InChI=1S/C20H17N3O3S3/c1-4-26-20(25)16-11(2)17(12(3)24)29-19(16)22-9-13(8-21)18-23-14(10-28-18)15-6-5-7-27-15/h5-7,9-10,22H,4H2,1-3H3/b13-9+. The Morgan fingerprint density at radius 2 is 2.17 bits per heavy atom. The summed E-state index contributed by atoms with van der Waals surface area (Å²) in [6.07, 6.45) is 1.51. The summed E-state index contributed by atoms with van der Waals surface area (Å²) in [4.78, 5) is 30.3. The van der Waals surface area contributed by atoms with E-state index in [1.54, 1.807) is 25.2 Å². The minimum Gasteiger partial charge on any atom is -0.462 e. The first-order valence-corrected chi connectivity index (χ1v) is 11.2. The average Bonchev–Trinajstić information content (AvgIpc) is 3.42. The van der Waals surface area contributed by atoms with Gasteiger partial charge in [0, 0.05) is 11.6 Å². The smallest absolute Gasteiger partial charge is 0.341 e. The zero-order valence-corrected chi connectivity index (χ0v) is 18.4. The molecule has 9 heteroatoms. The van der Waals surface area contributed by atoms with Crippen LogP contribution in [0.15, 0.2) is 29.1 Å². The van der Waals surface area contributed by atoms with Crippen LogP contribution in [0.25, 0.3) is 16.1 Å². The number of hydrogen-bond donors (Lipinski definition) is 1. The van der Waals surface area contributed by atoms with Crippen LogP contribution in [0.2, 0.25) is 0 Å². The highest BCUT2D eigenvalue weighted by atomic mass is 32.1. The molecule has 0 aliphatic carbocycles. The third-order valence-electron chi connectivity index (χ3n) is 3.92. The number of rotatable bonds is 7. The molecule has 0 atom stereocenters. The van der Waals surface area contributed by atoms with Gasteiger partial charge in [0.05, 0.1) is 27.6 Å². The van der Waals surface area contributed by atoms with Gasteiger partial charge < -0.3 is 10.1 Å². The summed E-state index contributed by atoms with van der Waals surface area (Å²) in [7, 11) is 0. The summed E-state index contributed by atoms with van der Waals surface area (Å²) in [5.74, 6) is -0.631. The third-order valence-corrected chi connectivity index (χ3v) is 7.01. The number of anilines is 1. The molecule has 3 aromatic heterocycles. The molecule has 0 fully saturated rings. The number of carbonyl (C=O) groups is 2. The number of aromatic nitrogens is 1. The van der Waals surface area contributed by atoms with Crippen molar-refractivity contribution < 1.29 is 14.3 Å². The summed E-state index contributed by atoms with van der Waals surface area (Å²) in [5, 5.41) is 17.5. The van der Waals surface area contributed by atoms with Gasteiger partial charge in [0.2, 0.25) is 0 Å². The maximum absolute atomic E-state index is 12.4. The number of hydrogen-bond acceptors (Lipinski definition) is 9. The second kappa shape index (κ2) is 9.13. The Morgan fingerprint density at radius 1 is 1.38 bits per heavy atom. The van der Waals surface area contributed by atoms with Gasteiger partial charge in [-0.2, -0.15) is 5.26 Å². The predicted molar refractivity (Wildman–Crippen MR) is 118 cm³/mol. The molecule has 0 radical (unpaired) electrons. The Balaban J connectivity index is 1.93. The van der Waals surface area contributed by atoms with Crippen LogP contribution in [0.4, 0.5) is 5.00 Å². The van der Waals surface area contributed by atoms with Crippen molar-refractivity contribution in [2.45, 2.75) is 20.8 Å². The topological polar surface area (TPSA) is 92.1 Å². The number of nitriles is 1. The van der Waals surface area contributed by atoms with Gasteiger partial charge in [-0.15, -0.1) is 34.0 Å². The van der Waals surface area contributed by atoms with Crippen LogP contribution < -0.4 is 5.32 Å². The highest BCUT2D eigenvalue weighted by molar-refractivity contribution is 7.18. The largest absolute Gasteiger partial charge is 0.462 e. The maximum atomic E-state index is 12.4. The lowest BCUT2D eigenvalue weighted by Gasteiger charge is -2.05. The highest BCUT2D eigenvalue weighted by Crippen LogP contribution is 2.35. The van der Waals surface area contributed by atoms with Crippen molar-refractivity contribution in [2.75, 3.05) is 11.9 Å². The Kier molecular flexibility index (Phi) is 6.59. The molecule has 0 saturated heterocycles. The van der Waals surface area contributed by atoms with E-state index in [4.69, 9.17) is 4.74 Å². The van der Waals surface area contributed by atoms with Gasteiger partial charge in [0.25, 0.3) is 0 Å². The maximum Gasteiger partial charge on any atom is 0.341 e. The van der Waals surface area contributed by atoms with Crippen molar-refractivity contribution in [2.24, 2.45) is 0 Å². The quantitative estimate of drug-likeness (QED) is 0.290. The number of allylic oxidation sites excluding steroid dienone is 1. The van der Waals surface area contributed by atoms with E-state index in [0.717, 1.165) is 10.6 Å². The number of Topliss-reactive ketones (excluding diaryl/α,β-unsaturated/α-hetero) is 1. The summed E-state index contributed by atoms with van der Waals surface area (Å²) in [6.45, 7) is 5.12. The van der Waals surface area contributed by atoms with Gasteiger partial charge in [-0.3, -0.25) is 4.79 Å². The molecule has 0 saturated carbocycles. The lowest BCUT2D eigenvalue weighted by atomic mass is 10.1. The Hall–Kier alpha value is -2.80. The fourth-order valence-electron chi connectivity index (χ4n) is 2.61. The third kappa shape index (κ3) is 4.45. The lowest BCUT2D eigenvalue weighted by Crippen LogP contribution is -2.08. The van der Waals surface area contributed by atoms with Crippen molar-refractivity contribution in [1.82, 2.24) is 4.98 Å². The van der Waals surface area contributed by atoms with Crippen LogP contribution in [0.5, 0.6) is 0 Å². The van der Waals surface area contributed by atoms with Crippen molar-refractivity contribution >= 4 is 56.3 Å². The van der Waals surface area contributed by atoms with E-state index in [2.05, 4.69) is 16.4 Å². The van der Waals surface area contributed by atoms with Gasteiger partial charge in [-0.1, -0.05) is 6.07 Å². The first kappa shape index (κ1) is 20.9. The summed E-state index contributed by atoms with van der Waals surface area (Å²) in [5.41, 5.74) is 2.04. The van der Waals surface area contributed by atoms with E-state index in [-0.39, 0.29) is 12.4 Å². The average molecular weight is 444 g/mol. The molecule has 148 valence electrons. The highest BCUT2D eigenvalue weighted by Gasteiger charge is 2.24. The summed E-state index contributed by atoms with van der Waals surface area (Å²) < 4.78 is 5.13. The molecule has 6 nitrogen and oxygen atoms in total. The number of nitrogens with one attached hydrogen (secondary N) is 1. The molecule has 29 heavy (non-hydrogen) atoms. The zero-order valence-electron chi connectivity index (χ0n) is 15.9. The van der Waals surface area contributed by atoms with E-state index in [0.29, 0.717) is 31.6 Å². The molecule has 0 unspecified atom stereocenters. The van der Waals surface area contributed by atoms with Crippen molar-refractivity contribution in [3.63, 3.8) is 0 Å². The number of esters is 1. The van der Waals surface area contributed by atoms with Crippen LogP contribution in [0.3, 0.4) is 0 Å². The molecule has 1 N–H and O–H groups in total. The molecule has 3 heterocycles. The number of nitrogens with zero attached hydrogens (tertiary/aromatic N) is 2. The minimum absolute atomic E-state index is 0.129. The number of carbonyl (C=O) groups excluding carboxylic acids is 2. The minimum atomic E-state index is -0.502. The number of ether oxygens (including phenoxy) is 1.